The summed E-state index contributed by atoms with van der Waals surface area (Å²) in [7, 11) is 1.63. The number of methoxy groups -OCH3 is 1. The zero-order valence-corrected chi connectivity index (χ0v) is 11.5. The van der Waals surface area contributed by atoms with E-state index in [9.17, 15) is 4.79 Å². The van der Waals surface area contributed by atoms with Gasteiger partial charge in [-0.1, -0.05) is 30.3 Å². The maximum Gasteiger partial charge on any atom is 0.255 e. The Bertz CT molecular complexity index is 529. The Morgan fingerprint density at radius 3 is 2.65 bits per heavy atom. The minimum Gasteiger partial charge on any atom is -0.383 e. The van der Waals surface area contributed by atoms with Crippen molar-refractivity contribution in [3.8, 4) is 0 Å². The number of ether oxygens (including phenoxy) is 1. The molecule has 20 heavy (non-hydrogen) atoms. The standard InChI is InChI=1S/C16H18N2O2/c1-20-11-10-18(13-14-6-3-2-4-7-14)16(19)15-8-5-9-17-12-15/h2-9,12H,10-11,13H2,1H3. The van der Waals surface area contributed by atoms with Crippen LogP contribution in [0.3, 0.4) is 0 Å². The Labute approximate surface area is 119 Å². The Hall–Kier alpha value is -2.20. The molecule has 4 nitrogen and oxygen atoms in total. The van der Waals surface area contributed by atoms with Crippen molar-refractivity contribution in [3.63, 3.8) is 0 Å². The summed E-state index contributed by atoms with van der Waals surface area (Å²) < 4.78 is 5.09. The Morgan fingerprint density at radius 1 is 1.20 bits per heavy atom. The van der Waals surface area contributed by atoms with Crippen LogP contribution in [0.2, 0.25) is 0 Å². The third-order valence-electron chi connectivity index (χ3n) is 2.98. The molecular formula is C16H18N2O2. The van der Waals surface area contributed by atoms with E-state index in [1.807, 2.05) is 30.3 Å². The van der Waals surface area contributed by atoms with Crippen molar-refractivity contribution < 1.29 is 9.53 Å². The van der Waals surface area contributed by atoms with Gasteiger partial charge < -0.3 is 9.64 Å². The Balaban J connectivity index is 2.13. The number of hydrogen-bond acceptors (Lipinski definition) is 3. The summed E-state index contributed by atoms with van der Waals surface area (Å²) in [5.74, 6) is -0.0287. The first kappa shape index (κ1) is 14.2. The second-order valence-electron chi connectivity index (χ2n) is 4.45. The molecule has 0 atom stereocenters. The van der Waals surface area contributed by atoms with Crippen molar-refractivity contribution in [3.05, 3.63) is 66.0 Å². The fourth-order valence-corrected chi connectivity index (χ4v) is 1.93. The van der Waals surface area contributed by atoms with Crippen LogP contribution in [0, 0.1) is 0 Å². The van der Waals surface area contributed by atoms with Crippen LogP contribution in [0.5, 0.6) is 0 Å². The molecule has 0 saturated heterocycles. The second-order valence-corrected chi connectivity index (χ2v) is 4.45. The lowest BCUT2D eigenvalue weighted by molar-refractivity contribution is 0.0680. The highest BCUT2D eigenvalue weighted by Crippen LogP contribution is 2.09. The van der Waals surface area contributed by atoms with Crippen LogP contribution in [0.15, 0.2) is 54.9 Å². The van der Waals surface area contributed by atoms with E-state index >= 15 is 0 Å². The van der Waals surface area contributed by atoms with Gasteiger partial charge in [-0.05, 0) is 17.7 Å². The van der Waals surface area contributed by atoms with E-state index in [1.165, 1.54) is 0 Å². The lowest BCUT2D eigenvalue weighted by Gasteiger charge is -2.22. The summed E-state index contributed by atoms with van der Waals surface area (Å²) in [5.41, 5.74) is 1.69. The molecule has 0 spiro atoms. The summed E-state index contributed by atoms with van der Waals surface area (Å²) in [6, 6.07) is 13.5. The van der Waals surface area contributed by atoms with Gasteiger partial charge in [-0.25, -0.2) is 0 Å². The molecule has 0 unspecified atom stereocenters. The van der Waals surface area contributed by atoms with Crippen LogP contribution in [-0.4, -0.2) is 36.1 Å². The molecule has 104 valence electrons. The molecule has 1 aromatic heterocycles. The summed E-state index contributed by atoms with van der Waals surface area (Å²) >= 11 is 0. The average molecular weight is 270 g/mol. The molecule has 0 aliphatic rings. The normalized spacial score (nSPS) is 10.2. The van der Waals surface area contributed by atoms with Crippen LogP contribution in [0.25, 0.3) is 0 Å². The molecule has 0 N–H and O–H groups in total. The van der Waals surface area contributed by atoms with Crippen molar-refractivity contribution in [2.45, 2.75) is 6.54 Å². The van der Waals surface area contributed by atoms with E-state index in [0.717, 1.165) is 5.56 Å². The molecule has 0 aliphatic carbocycles. The van der Waals surface area contributed by atoms with E-state index in [2.05, 4.69) is 4.98 Å². The average Bonchev–Trinajstić information content (AvgIpc) is 2.52. The molecule has 1 heterocycles. The smallest absolute Gasteiger partial charge is 0.255 e. The second kappa shape index (κ2) is 7.40. The highest BCUT2D eigenvalue weighted by Gasteiger charge is 2.15. The molecule has 0 aliphatic heterocycles. The molecule has 0 saturated carbocycles. The maximum absolute atomic E-state index is 12.5. The van der Waals surface area contributed by atoms with Crippen LogP contribution < -0.4 is 0 Å². The number of aromatic nitrogens is 1. The Kier molecular flexibility index (Phi) is 5.26. The molecule has 2 rings (SSSR count). The first-order valence-electron chi connectivity index (χ1n) is 6.53. The lowest BCUT2D eigenvalue weighted by atomic mass is 10.2. The van der Waals surface area contributed by atoms with Gasteiger partial charge in [-0.15, -0.1) is 0 Å². The molecule has 1 aromatic carbocycles. The molecule has 1 amide bonds. The van der Waals surface area contributed by atoms with Gasteiger partial charge in [-0.2, -0.15) is 0 Å². The number of pyridine rings is 1. The zero-order valence-electron chi connectivity index (χ0n) is 11.5. The molecule has 4 heteroatoms. The summed E-state index contributed by atoms with van der Waals surface area (Å²) in [6.07, 6.45) is 3.25. The van der Waals surface area contributed by atoms with Crippen molar-refractivity contribution in [1.29, 1.82) is 0 Å². The Morgan fingerprint density at radius 2 is 2.00 bits per heavy atom. The number of amides is 1. The van der Waals surface area contributed by atoms with Crippen LogP contribution in [0.1, 0.15) is 15.9 Å². The molecule has 0 bridgehead atoms. The summed E-state index contributed by atoms with van der Waals surface area (Å²) in [4.78, 5) is 18.3. The third kappa shape index (κ3) is 3.90. The molecule has 0 fully saturated rings. The highest BCUT2D eigenvalue weighted by molar-refractivity contribution is 5.93. The predicted octanol–water partition coefficient (Wildman–Crippen LogP) is 2.37. The van der Waals surface area contributed by atoms with Crippen molar-refractivity contribution in [2.24, 2.45) is 0 Å². The molecular weight excluding hydrogens is 252 g/mol. The van der Waals surface area contributed by atoms with Gasteiger partial charge in [0.1, 0.15) is 0 Å². The van der Waals surface area contributed by atoms with E-state index in [-0.39, 0.29) is 5.91 Å². The lowest BCUT2D eigenvalue weighted by Crippen LogP contribution is -2.33. The minimum absolute atomic E-state index is 0.0287. The topological polar surface area (TPSA) is 42.4 Å². The summed E-state index contributed by atoms with van der Waals surface area (Å²) in [6.45, 7) is 1.63. The van der Waals surface area contributed by atoms with Crippen LogP contribution in [0.4, 0.5) is 0 Å². The fourth-order valence-electron chi connectivity index (χ4n) is 1.93. The van der Waals surface area contributed by atoms with Gasteiger partial charge in [0, 0.05) is 32.6 Å². The quantitative estimate of drug-likeness (QED) is 0.809. The van der Waals surface area contributed by atoms with Crippen molar-refractivity contribution in [1.82, 2.24) is 9.88 Å². The zero-order chi connectivity index (χ0) is 14.2. The SMILES string of the molecule is COCCN(Cc1ccccc1)C(=O)c1cccnc1. The van der Waals surface area contributed by atoms with E-state index in [4.69, 9.17) is 4.74 Å². The van der Waals surface area contributed by atoms with Crippen molar-refractivity contribution >= 4 is 5.91 Å². The monoisotopic (exact) mass is 270 g/mol. The number of rotatable bonds is 6. The van der Waals surface area contributed by atoms with Gasteiger partial charge in [0.25, 0.3) is 5.91 Å². The largest absolute Gasteiger partial charge is 0.383 e. The number of benzene rings is 1. The first-order valence-corrected chi connectivity index (χ1v) is 6.53. The molecule has 0 radical (unpaired) electrons. The summed E-state index contributed by atoms with van der Waals surface area (Å²) in [5, 5.41) is 0. The minimum atomic E-state index is -0.0287. The predicted molar refractivity (Wildman–Crippen MR) is 77.3 cm³/mol. The van der Waals surface area contributed by atoms with E-state index < -0.39 is 0 Å². The van der Waals surface area contributed by atoms with Crippen LogP contribution >= 0.6 is 0 Å². The van der Waals surface area contributed by atoms with Gasteiger partial charge in [0.15, 0.2) is 0 Å². The number of nitrogens with zero attached hydrogens (tertiary/aromatic N) is 2. The van der Waals surface area contributed by atoms with Gasteiger partial charge >= 0.3 is 0 Å². The number of carbonyl (C=O) groups is 1. The van der Waals surface area contributed by atoms with Crippen LogP contribution in [-0.2, 0) is 11.3 Å². The first-order chi connectivity index (χ1) is 9.81. The van der Waals surface area contributed by atoms with Gasteiger partial charge in [0.2, 0.25) is 0 Å². The van der Waals surface area contributed by atoms with E-state index in [0.29, 0.717) is 25.3 Å². The van der Waals surface area contributed by atoms with E-state index in [1.54, 1.807) is 36.5 Å². The van der Waals surface area contributed by atoms with Gasteiger partial charge in [0.05, 0.1) is 12.2 Å². The van der Waals surface area contributed by atoms with Crippen molar-refractivity contribution in [2.75, 3.05) is 20.3 Å². The van der Waals surface area contributed by atoms with Gasteiger partial charge in [-0.3, -0.25) is 9.78 Å². The third-order valence-corrected chi connectivity index (χ3v) is 2.98. The highest BCUT2D eigenvalue weighted by atomic mass is 16.5. The fraction of sp³-hybridized carbons (Fsp3) is 0.250. The number of hydrogen-bond donors (Lipinski definition) is 0. The maximum atomic E-state index is 12.5. The number of carbonyl (C=O) groups excluding carboxylic acids is 1. The molecule has 2 aromatic rings.